The van der Waals surface area contributed by atoms with Crippen LogP contribution in [0.1, 0.15) is 16.7 Å². The number of rotatable bonds is 7. The van der Waals surface area contributed by atoms with Gasteiger partial charge in [0.1, 0.15) is 0 Å². The monoisotopic (exact) mass is 365 g/mol. The third kappa shape index (κ3) is 4.05. The van der Waals surface area contributed by atoms with E-state index in [4.69, 9.17) is 14.2 Å². The molecule has 2 aromatic carbocycles. The van der Waals surface area contributed by atoms with E-state index in [1.54, 1.807) is 31.2 Å². The van der Waals surface area contributed by atoms with Gasteiger partial charge in [-0.15, -0.1) is 0 Å². The number of methoxy groups -OCH3 is 3. The van der Waals surface area contributed by atoms with Crippen molar-refractivity contribution in [2.24, 2.45) is 0 Å². The highest BCUT2D eigenvalue weighted by atomic mass is 32.2. The van der Waals surface area contributed by atoms with Gasteiger partial charge in [0.05, 0.1) is 26.2 Å². The molecule has 6 nitrogen and oxygen atoms in total. The van der Waals surface area contributed by atoms with Crippen molar-refractivity contribution in [1.29, 1.82) is 0 Å². The van der Waals surface area contributed by atoms with E-state index >= 15 is 0 Å². The normalized spacial score (nSPS) is 11.2. The van der Waals surface area contributed by atoms with Gasteiger partial charge in [0.2, 0.25) is 15.8 Å². The standard InChI is InChI=1S/C18H23NO5S/c1-12-6-7-13(2)16(10-12)25(20,21)19-11-14-8-9-15(22-3)18(24-5)17(14)23-4/h6-10,19H,11H2,1-5H3. The quantitative estimate of drug-likeness (QED) is 0.817. The predicted octanol–water partition coefficient (Wildman–Crippen LogP) is 2.81. The first-order valence-electron chi connectivity index (χ1n) is 7.68. The van der Waals surface area contributed by atoms with E-state index < -0.39 is 10.0 Å². The van der Waals surface area contributed by atoms with Crippen LogP contribution in [0.4, 0.5) is 0 Å². The maximum absolute atomic E-state index is 12.6. The minimum Gasteiger partial charge on any atom is -0.493 e. The van der Waals surface area contributed by atoms with Gasteiger partial charge in [-0.3, -0.25) is 0 Å². The van der Waals surface area contributed by atoms with Crippen molar-refractivity contribution in [1.82, 2.24) is 4.72 Å². The fraction of sp³-hybridized carbons (Fsp3) is 0.333. The molecule has 0 saturated heterocycles. The second kappa shape index (κ2) is 7.76. The number of hydrogen-bond acceptors (Lipinski definition) is 5. The Morgan fingerprint density at radius 1 is 0.920 bits per heavy atom. The summed E-state index contributed by atoms with van der Waals surface area (Å²) in [4.78, 5) is 0.270. The minimum absolute atomic E-state index is 0.0687. The summed E-state index contributed by atoms with van der Waals surface area (Å²) in [5.41, 5.74) is 2.22. The molecule has 0 unspecified atom stereocenters. The summed E-state index contributed by atoms with van der Waals surface area (Å²) in [7, 11) is 0.883. The molecule has 0 radical (unpaired) electrons. The van der Waals surface area contributed by atoms with E-state index in [-0.39, 0.29) is 11.4 Å². The van der Waals surface area contributed by atoms with E-state index in [9.17, 15) is 8.42 Å². The Labute approximate surface area is 148 Å². The molecule has 0 saturated carbocycles. The third-order valence-corrected chi connectivity index (χ3v) is 5.41. The molecule has 0 fully saturated rings. The molecular weight excluding hydrogens is 342 g/mol. The summed E-state index contributed by atoms with van der Waals surface area (Å²) in [5.74, 6) is 1.37. The summed E-state index contributed by atoms with van der Waals surface area (Å²) in [6.07, 6.45) is 0. The maximum Gasteiger partial charge on any atom is 0.241 e. The maximum atomic E-state index is 12.6. The smallest absolute Gasteiger partial charge is 0.241 e. The molecule has 7 heteroatoms. The van der Waals surface area contributed by atoms with Crippen molar-refractivity contribution in [3.8, 4) is 17.2 Å². The van der Waals surface area contributed by atoms with Crippen LogP contribution in [0, 0.1) is 13.8 Å². The van der Waals surface area contributed by atoms with Gasteiger partial charge in [-0.2, -0.15) is 0 Å². The molecule has 0 aromatic heterocycles. The molecule has 0 heterocycles. The summed E-state index contributed by atoms with van der Waals surface area (Å²) in [5, 5.41) is 0. The molecule has 0 bridgehead atoms. The second-order valence-electron chi connectivity index (χ2n) is 5.59. The number of ether oxygens (including phenoxy) is 3. The van der Waals surface area contributed by atoms with Crippen LogP contribution in [0.25, 0.3) is 0 Å². The topological polar surface area (TPSA) is 73.9 Å². The fourth-order valence-corrected chi connectivity index (χ4v) is 3.88. The highest BCUT2D eigenvalue weighted by Crippen LogP contribution is 2.39. The molecule has 1 N–H and O–H groups in total. The van der Waals surface area contributed by atoms with Gasteiger partial charge in [-0.05, 0) is 37.1 Å². The van der Waals surface area contributed by atoms with Crippen molar-refractivity contribution in [3.05, 3.63) is 47.0 Å². The average Bonchev–Trinajstić information content (AvgIpc) is 2.60. The molecule has 0 aliphatic carbocycles. The van der Waals surface area contributed by atoms with Gasteiger partial charge in [-0.1, -0.05) is 18.2 Å². The van der Waals surface area contributed by atoms with Crippen LogP contribution >= 0.6 is 0 Å². The van der Waals surface area contributed by atoms with E-state index in [2.05, 4.69) is 4.72 Å². The zero-order valence-electron chi connectivity index (χ0n) is 15.0. The Kier molecular flexibility index (Phi) is 5.92. The van der Waals surface area contributed by atoms with Crippen LogP contribution in [0.3, 0.4) is 0 Å². The van der Waals surface area contributed by atoms with E-state index in [0.29, 0.717) is 28.4 Å². The molecule has 0 atom stereocenters. The molecule has 2 aromatic rings. The van der Waals surface area contributed by atoms with Crippen LogP contribution < -0.4 is 18.9 Å². The summed E-state index contributed by atoms with van der Waals surface area (Å²) in [6.45, 7) is 3.69. The van der Waals surface area contributed by atoms with E-state index in [0.717, 1.165) is 5.56 Å². The number of nitrogens with one attached hydrogen (secondary N) is 1. The first kappa shape index (κ1) is 19.1. The Hall–Kier alpha value is -2.25. The van der Waals surface area contributed by atoms with Gasteiger partial charge in [-0.25, -0.2) is 13.1 Å². The van der Waals surface area contributed by atoms with E-state index in [1.807, 2.05) is 13.0 Å². The van der Waals surface area contributed by atoms with Gasteiger partial charge in [0, 0.05) is 12.1 Å². The molecule has 0 aliphatic rings. The molecular formula is C18H23NO5S. The number of benzene rings is 2. The summed E-state index contributed by atoms with van der Waals surface area (Å²) < 4.78 is 43.9. The largest absolute Gasteiger partial charge is 0.493 e. The summed E-state index contributed by atoms with van der Waals surface area (Å²) in [6, 6.07) is 8.78. The second-order valence-corrected chi connectivity index (χ2v) is 7.32. The van der Waals surface area contributed by atoms with Crippen molar-refractivity contribution in [3.63, 3.8) is 0 Å². The molecule has 136 valence electrons. The Balaban J connectivity index is 2.33. The molecule has 0 spiro atoms. The van der Waals surface area contributed by atoms with Crippen molar-refractivity contribution >= 4 is 10.0 Å². The first-order chi connectivity index (χ1) is 11.8. The van der Waals surface area contributed by atoms with Gasteiger partial charge >= 0.3 is 0 Å². The molecule has 25 heavy (non-hydrogen) atoms. The minimum atomic E-state index is -3.65. The van der Waals surface area contributed by atoms with Crippen molar-refractivity contribution in [2.45, 2.75) is 25.3 Å². The van der Waals surface area contributed by atoms with Gasteiger partial charge in [0.25, 0.3) is 0 Å². The molecule has 0 aliphatic heterocycles. The lowest BCUT2D eigenvalue weighted by atomic mass is 10.1. The van der Waals surface area contributed by atoms with Crippen LogP contribution in [-0.2, 0) is 16.6 Å². The van der Waals surface area contributed by atoms with E-state index in [1.165, 1.54) is 21.3 Å². The summed E-state index contributed by atoms with van der Waals surface area (Å²) >= 11 is 0. The first-order valence-corrected chi connectivity index (χ1v) is 9.17. The van der Waals surface area contributed by atoms with Gasteiger partial charge < -0.3 is 14.2 Å². The number of aryl methyl sites for hydroxylation is 2. The lowest BCUT2D eigenvalue weighted by Gasteiger charge is -2.16. The SMILES string of the molecule is COc1ccc(CNS(=O)(=O)c2cc(C)ccc2C)c(OC)c1OC. The molecule has 2 rings (SSSR count). The third-order valence-electron chi connectivity index (χ3n) is 3.87. The Morgan fingerprint density at radius 3 is 2.20 bits per heavy atom. The number of sulfonamides is 1. The van der Waals surface area contributed by atoms with Crippen LogP contribution in [0.15, 0.2) is 35.2 Å². The van der Waals surface area contributed by atoms with Crippen molar-refractivity contribution < 1.29 is 22.6 Å². The molecule has 0 amide bonds. The zero-order valence-corrected chi connectivity index (χ0v) is 15.9. The Morgan fingerprint density at radius 2 is 1.60 bits per heavy atom. The Bertz CT molecular complexity index is 862. The van der Waals surface area contributed by atoms with Crippen LogP contribution in [-0.4, -0.2) is 29.7 Å². The fourth-order valence-electron chi connectivity index (χ4n) is 2.55. The lowest BCUT2D eigenvalue weighted by Crippen LogP contribution is -2.24. The highest BCUT2D eigenvalue weighted by molar-refractivity contribution is 7.89. The predicted molar refractivity (Wildman–Crippen MR) is 96.0 cm³/mol. The van der Waals surface area contributed by atoms with Crippen LogP contribution in [0.2, 0.25) is 0 Å². The highest BCUT2D eigenvalue weighted by Gasteiger charge is 2.20. The number of hydrogen-bond donors (Lipinski definition) is 1. The zero-order chi connectivity index (χ0) is 18.6. The average molecular weight is 365 g/mol. The lowest BCUT2D eigenvalue weighted by molar-refractivity contribution is 0.322. The van der Waals surface area contributed by atoms with Crippen molar-refractivity contribution in [2.75, 3.05) is 21.3 Å². The van der Waals surface area contributed by atoms with Gasteiger partial charge in [0.15, 0.2) is 11.5 Å². The van der Waals surface area contributed by atoms with Crippen LogP contribution in [0.5, 0.6) is 17.2 Å².